The van der Waals surface area contributed by atoms with E-state index in [-0.39, 0.29) is 11.6 Å². The number of amides is 2. The van der Waals surface area contributed by atoms with Crippen LogP contribution in [-0.2, 0) is 0 Å². The fourth-order valence-electron chi connectivity index (χ4n) is 1.18. The van der Waals surface area contributed by atoms with E-state index in [0.717, 1.165) is 17.0 Å². The molecule has 100 valence electrons. The van der Waals surface area contributed by atoms with Crippen LogP contribution in [0.5, 0.6) is 0 Å². The number of aliphatic hydroxyl groups is 1. The van der Waals surface area contributed by atoms with E-state index in [0.29, 0.717) is 0 Å². The van der Waals surface area contributed by atoms with Crippen LogP contribution < -0.4 is 5.32 Å². The lowest BCUT2D eigenvalue weighted by molar-refractivity contribution is 0.166. The highest BCUT2D eigenvalue weighted by Crippen LogP contribution is 2.23. The van der Waals surface area contributed by atoms with Gasteiger partial charge in [0.25, 0.3) is 0 Å². The molecule has 4 nitrogen and oxygen atoms in total. The zero-order valence-electron chi connectivity index (χ0n) is 9.88. The number of anilines is 1. The van der Waals surface area contributed by atoms with E-state index in [1.807, 2.05) is 0 Å². The summed E-state index contributed by atoms with van der Waals surface area (Å²) in [5.41, 5.74) is -0.568. The van der Waals surface area contributed by atoms with Crippen LogP contribution in [0.25, 0.3) is 0 Å². The molecular formula is C11H13ClF2N2O2. The Hall–Kier alpha value is -1.40. The third-order valence-corrected chi connectivity index (χ3v) is 2.70. The Morgan fingerprint density at radius 2 is 2.00 bits per heavy atom. The SMILES string of the molecule is CC(CO)N(C)C(=O)Nc1c(F)cc(Cl)cc1F. The molecule has 1 rings (SSSR count). The van der Waals surface area contributed by atoms with Gasteiger partial charge in [-0.2, -0.15) is 0 Å². The molecule has 0 spiro atoms. The van der Waals surface area contributed by atoms with Gasteiger partial charge >= 0.3 is 6.03 Å². The molecule has 0 saturated carbocycles. The number of carbonyl (C=O) groups excluding carboxylic acids is 1. The van der Waals surface area contributed by atoms with E-state index in [2.05, 4.69) is 5.32 Å². The van der Waals surface area contributed by atoms with E-state index in [9.17, 15) is 13.6 Å². The van der Waals surface area contributed by atoms with Crippen LogP contribution in [0.1, 0.15) is 6.92 Å². The maximum Gasteiger partial charge on any atom is 0.322 e. The summed E-state index contributed by atoms with van der Waals surface area (Å²) in [5, 5.41) is 10.9. The molecule has 2 amide bonds. The first-order valence-electron chi connectivity index (χ1n) is 5.16. The molecule has 0 fully saturated rings. The molecule has 0 aliphatic heterocycles. The Kier molecular flexibility index (Phi) is 4.86. The lowest BCUT2D eigenvalue weighted by atomic mass is 10.3. The summed E-state index contributed by atoms with van der Waals surface area (Å²) in [7, 11) is 1.40. The van der Waals surface area contributed by atoms with Gasteiger partial charge in [-0.3, -0.25) is 0 Å². The minimum Gasteiger partial charge on any atom is -0.394 e. The van der Waals surface area contributed by atoms with Crippen LogP contribution in [-0.4, -0.2) is 35.7 Å². The maximum absolute atomic E-state index is 13.4. The first-order chi connectivity index (χ1) is 8.36. The normalized spacial score (nSPS) is 12.1. The van der Waals surface area contributed by atoms with Crippen molar-refractivity contribution in [3.8, 4) is 0 Å². The molecule has 1 atom stereocenters. The molecule has 18 heavy (non-hydrogen) atoms. The maximum atomic E-state index is 13.4. The lowest BCUT2D eigenvalue weighted by Crippen LogP contribution is -2.40. The molecule has 0 aromatic heterocycles. The molecule has 1 unspecified atom stereocenters. The zero-order chi connectivity index (χ0) is 13.9. The van der Waals surface area contributed by atoms with Gasteiger partial charge in [0.15, 0.2) is 11.6 Å². The summed E-state index contributed by atoms with van der Waals surface area (Å²) in [5.74, 6) is -1.92. The number of halogens is 3. The van der Waals surface area contributed by atoms with Crippen LogP contribution in [0.3, 0.4) is 0 Å². The number of aliphatic hydroxyl groups excluding tert-OH is 1. The number of nitrogens with one attached hydrogen (secondary N) is 1. The highest BCUT2D eigenvalue weighted by atomic mass is 35.5. The molecule has 0 bridgehead atoms. The third kappa shape index (κ3) is 3.30. The van der Waals surface area contributed by atoms with E-state index in [1.54, 1.807) is 6.92 Å². The van der Waals surface area contributed by atoms with Crippen LogP contribution in [0.4, 0.5) is 19.3 Å². The van der Waals surface area contributed by atoms with Gasteiger partial charge in [-0.15, -0.1) is 0 Å². The van der Waals surface area contributed by atoms with E-state index < -0.39 is 29.4 Å². The Morgan fingerprint density at radius 1 is 1.50 bits per heavy atom. The summed E-state index contributed by atoms with van der Waals surface area (Å²) in [6.45, 7) is 1.34. The number of carbonyl (C=O) groups is 1. The minimum atomic E-state index is -0.960. The molecule has 0 aliphatic carbocycles. The van der Waals surface area contributed by atoms with Gasteiger partial charge in [-0.1, -0.05) is 11.6 Å². The van der Waals surface area contributed by atoms with Gasteiger partial charge in [-0.05, 0) is 19.1 Å². The van der Waals surface area contributed by atoms with Crippen molar-refractivity contribution in [3.05, 3.63) is 28.8 Å². The molecule has 1 aromatic carbocycles. The topological polar surface area (TPSA) is 52.6 Å². The number of hydrogen-bond donors (Lipinski definition) is 2. The highest BCUT2D eigenvalue weighted by molar-refractivity contribution is 6.30. The fourth-order valence-corrected chi connectivity index (χ4v) is 1.37. The van der Waals surface area contributed by atoms with E-state index >= 15 is 0 Å². The lowest BCUT2D eigenvalue weighted by Gasteiger charge is -2.23. The molecular weight excluding hydrogens is 266 g/mol. The van der Waals surface area contributed by atoms with Crippen molar-refractivity contribution >= 4 is 23.3 Å². The molecule has 0 aliphatic rings. The monoisotopic (exact) mass is 278 g/mol. The van der Waals surface area contributed by atoms with Gasteiger partial charge in [0.1, 0.15) is 5.69 Å². The standard InChI is InChI=1S/C11H13ClF2N2O2/c1-6(5-17)16(2)11(18)15-10-8(13)3-7(12)4-9(10)14/h3-4,6,17H,5H2,1-2H3,(H,15,18). The smallest absolute Gasteiger partial charge is 0.322 e. The quantitative estimate of drug-likeness (QED) is 0.892. The number of hydrogen-bond acceptors (Lipinski definition) is 2. The minimum absolute atomic E-state index is 0.0971. The van der Waals surface area contributed by atoms with Crippen LogP contribution in [0, 0.1) is 11.6 Å². The Bertz CT molecular complexity index is 434. The summed E-state index contributed by atoms with van der Waals surface area (Å²) in [6.07, 6.45) is 0. The number of rotatable bonds is 3. The Morgan fingerprint density at radius 3 is 2.44 bits per heavy atom. The number of nitrogens with zero attached hydrogens (tertiary/aromatic N) is 1. The third-order valence-electron chi connectivity index (χ3n) is 2.48. The summed E-state index contributed by atoms with van der Waals surface area (Å²) < 4.78 is 26.8. The molecule has 1 aromatic rings. The predicted molar refractivity (Wildman–Crippen MR) is 64.7 cm³/mol. The first-order valence-corrected chi connectivity index (χ1v) is 5.53. The molecule has 0 heterocycles. The fraction of sp³-hybridized carbons (Fsp3) is 0.364. The first kappa shape index (κ1) is 14.7. The van der Waals surface area contributed by atoms with Gasteiger partial charge < -0.3 is 15.3 Å². The van der Waals surface area contributed by atoms with Crippen molar-refractivity contribution in [3.63, 3.8) is 0 Å². The largest absolute Gasteiger partial charge is 0.394 e. The number of urea groups is 1. The molecule has 2 N–H and O–H groups in total. The molecule has 0 saturated heterocycles. The van der Waals surface area contributed by atoms with Gasteiger partial charge in [0.05, 0.1) is 12.6 Å². The van der Waals surface area contributed by atoms with Gasteiger partial charge in [-0.25, -0.2) is 13.6 Å². The van der Waals surface area contributed by atoms with Crippen LogP contribution in [0.15, 0.2) is 12.1 Å². The second kappa shape index (κ2) is 5.97. The second-order valence-corrected chi connectivity index (χ2v) is 4.25. The predicted octanol–water partition coefficient (Wildman–Crippen LogP) is 2.46. The van der Waals surface area contributed by atoms with Crippen molar-refractivity contribution in [1.29, 1.82) is 0 Å². The highest BCUT2D eigenvalue weighted by Gasteiger charge is 2.19. The van der Waals surface area contributed by atoms with E-state index in [4.69, 9.17) is 16.7 Å². The summed E-state index contributed by atoms with van der Waals surface area (Å²) in [4.78, 5) is 12.8. The van der Waals surface area contributed by atoms with Gasteiger partial charge in [0, 0.05) is 12.1 Å². The van der Waals surface area contributed by atoms with Crippen molar-refractivity contribution in [1.82, 2.24) is 4.90 Å². The van der Waals surface area contributed by atoms with Crippen molar-refractivity contribution in [2.24, 2.45) is 0 Å². The Balaban J connectivity index is 2.89. The van der Waals surface area contributed by atoms with Gasteiger partial charge in [0.2, 0.25) is 0 Å². The zero-order valence-corrected chi connectivity index (χ0v) is 10.6. The molecule has 7 heteroatoms. The van der Waals surface area contributed by atoms with E-state index in [1.165, 1.54) is 7.05 Å². The van der Waals surface area contributed by atoms with Crippen LogP contribution in [0.2, 0.25) is 5.02 Å². The Labute approximate surface area is 108 Å². The van der Waals surface area contributed by atoms with Crippen LogP contribution >= 0.6 is 11.6 Å². The average Bonchev–Trinajstić information content (AvgIpc) is 2.31. The summed E-state index contributed by atoms with van der Waals surface area (Å²) >= 11 is 5.46. The van der Waals surface area contributed by atoms with Crippen molar-refractivity contribution in [2.45, 2.75) is 13.0 Å². The number of likely N-dealkylation sites (N-methyl/N-ethyl adjacent to an activating group) is 1. The van der Waals surface area contributed by atoms with Crippen molar-refractivity contribution in [2.75, 3.05) is 19.0 Å². The average molecular weight is 279 g/mol. The second-order valence-electron chi connectivity index (χ2n) is 3.82. The summed E-state index contributed by atoms with van der Waals surface area (Å²) in [6, 6.07) is 0.603. The molecule has 0 radical (unpaired) electrons. The number of benzene rings is 1. The van der Waals surface area contributed by atoms with Crippen molar-refractivity contribution < 1.29 is 18.7 Å².